The molecule has 106 valence electrons. The monoisotopic (exact) mass is 340 g/mol. The third kappa shape index (κ3) is 9.70. The Morgan fingerprint density at radius 3 is 1.33 bits per heavy atom. The van der Waals surface area contributed by atoms with Gasteiger partial charge >= 0.3 is 12.2 Å². The molecule has 0 fully saturated rings. The molecule has 0 saturated carbocycles. The molecular weight excluding hydrogens is 330 g/mol. The number of halogens is 4. The van der Waals surface area contributed by atoms with Gasteiger partial charge in [-0.15, -0.1) is 7.88 Å². The molecule has 0 spiro atoms. The third-order valence-corrected chi connectivity index (χ3v) is 2.32. The van der Waals surface area contributed by atoms with Crippen molar-refractivity contribution in [1.82, 2.24) is 7.88 Å². The SMILES string of the molecule is O=C(OCCCCCCOC(=O)N(Cl)Cl)N(Cl)Cl. The molecule has 0 saturated heterocycles. The number of nitrogens with zero attached hydrogens (tertiary/aromatic N) is 2. The number of unbranched alkanes of at least 4 members (excludes halogenated alkanes) is 3. The lowest BCUT2D eigenvalue weighted by Gasteiger charge is -2.07. The first-order valence-corrected chi connectivity index (χ1v) is 6.37. The molecule has 0 aromatic heterocycles. The Morgan fingerprint density at radius 1 is 0.722 bits per heavy atom. The lowest BCUT2D eigenvalue weighted by atomic mass is 10.2. The molecule has 0 radical (unpaired) electrons. The van der Waals surface area contributed by atoms with E-state index in [-0.39, 0.29) is 13.2 Å². The van der Waals surface area contributed by atoms with Gasteiger partial charge in [0.1, 0.15) is 0 Å². The Hall–Kier alpha value is -0.300. The Bertz CT molecular complexity index is 239. The predicted molar refractivity (Wildman–Crippen MR) is 68.3 cm³/mol. The van der Waals surface area contributed by atoms with Gasteiger partial charge < -0.3 is 9.47 Å². The van der Waals surface area contributed by atoms with Crippen LogP contribution in [0.2, 0.25) is 0 Å². The van der Waals surface area contributed by atoms with Crippen molar-refractivity contribution in [2.45, 2.75) is 25.7 Å². The van der Waals surface area contributed by atoms with Crippen LogP contribution in [0.3, 0.4) is 0 Å². The zero-order valence-corrected chi connectivity index (χ0v) is 12.3. The van der Waals surface area contributed by atoms with Crippen molar-refractivity contribution in [2.24, 2.45) is 0 Å². The van der Waals surface area contributed by atoms with Crippen LogP contribution in [0.1, 0.15) is 25.7 Å². The number of amides is 2. The molecule has 2 amide bonds. The quantitative estimate of drug-likeness (QED) is 0.518. The Kier molecular flexibility index (Phi) is 10.4. The second-order valence-electron chi connectivity index (χ2n) is 3.11. The van der Waals surface area contributed by atoms with E-state index >= 15 is 0 Å². The van der Waals surface area contributed by atoms with Gasteiger partial charge in [0.2, 0.25) is 0 Å². The van der Waals surface area contributed by atoms with Crippen molar-refractivity contribution in [3.05, 3.63) is 0 Å². The van der Waals surface area contributed by atoms with Crippen LogP contribution in [0, 0.1) is 0 Å². The molecule has 0 N–H and O–H groups in total. The van der Waals surface area contributed by atoms with Crippen LogP contribution < -0.4 is 0 Å². The highest BCUT2D eigenvalue weighted by Gasteiger charge is 2.09. The fourth-order valence-corrected chi connectivity index (χ4v) is 1.17. The summed E-state index contributed by atoms with van der Waals surface area (Å²) in [6.45, 7) is 0.456. The minimum atomic E-state index is -0.809. The molecule has 0 aliphatic rings. The van der Waals surface area contributed by atoms with Crippen LogP contribution in [0.5, 0.6) is 0 Å². The van der Waals surface area contributed by atoms with E-state index in [1.807, 2.05) is 0 Å². The summed E-state index contributed by atoms with van der Waals surface area (Å²) in [4.78, 5) is 21.5. The lowest BCUT2D eigenvalue weighted by molar-refractivity contribution is 0.132. The van der Waals surface area contributed by atoms with Gasteiger partial charge in [-0.3, -0.25) is 0 Å². The molecule has 18 heavy (non-hydrogen) atoms. The highest BCUT2D eigenvalue weighted by molar-refractivity contribution is 6.41. The summed E-state index contributed by atoms with van der Waals surface area (Å²) >= 11 is 20.5. The van der Waals surface area contributed by atoms with E-state index in [0.29, 0.717) is 20.7 Å². The second kappa shape index (κ2) is 10.6. The number of hydrogen-bond acceptors (Lipinski definition) is 4. The molecule has 0 bridgehead atoms. The molecule has 0 aliphatic heterocycles. The summed E-state index contributed by atoms with van der Waals surface area (Å²) in [5, 5.41) is 0. The Balaban J connectivity index is 3.27. The molecule has 0 heterocycles. The second-order valence-corrected chi connectivity index (χ2v) is 4.81. The van der Waals surface area contributed by atoms with Gasteiger partial charge in [0, 0.05) is 47.1 Å². The molecule has 0 atom stereocenters. The number of carbonyl (C=O) groups is 2. The minimum absolute atomic E-state index is 0.228. The van der Waals surface area contributed by atoms with Crippen molar-refractivity contribution in [2.75, 3.05) is 13.2 Å². The van der Waals surface area contributed by atoms with Crippen molar-refractivity contribution >= 4 is 59.3 Å². The van der Waals surface area contributed by atoms with Crippen LogP contribution in [-0.4, -0.2) is 33.3 Å². The maximum atomic E-state index is 10.8. The van der Waals surface area contributed by atoms with E-state index in [4.69, 9.17) is 47.1 Å². The minimum Gasteiger partial charge on any atom is -0.448 e. The van der Waals surface area contributed by atoms with Gasteiger partial charge in [0.05, 0.1) is 13.2 Å². The molecule has 0 aromatic rings. The van der Waals surface area contributed by atoms with Crippen LogP contribution in [0.25, 0.3) is 0 Å². The molecule has 6 nitrogen and oxygen atoms in total. The van der Waals surface area contributed by atoms with Crippen molar-refractivity contribution < 1.29 is 19.1 Å². The maximum absolute atomic E-state index is 10.8. The Labute approximate surface area is 125 Å². The van der Waals surface area contributed by atoms with E-state index in [1.165, 1.54) is 0 Å². The number of rotatable bonds is 7. The van der Waals surface area contributed by atoms with Gasteiger partial charge in [-0.25, -0.2) is 9.59 Å². The first-order valence-electron chi connectivity index (χ1n) is 5.02. The van der Waals surface area contributed by atoms with E-state index in [1.54, 1.807) is 0 Å². The van der Waals surface area contributed by atoms with Gasteiger partial charge in [-0.05, 0) is 25.7 Å². The fraction of sp³-hybridized carbons (Fsp3) is 0.750. The number of carbonyl (C=O) groups excluding carboxylic acids is 2. The standard InChI is InChI=1S/C8H12Cl4N2O4/c9-13(10)7(15)17-5-3-1-2-4-6-18-8(16)14(11)12/h1-6H2. The average Bonchev–Trinajstić information content (AvgIpc) is 2.31. The first-order chi connectivity index (χ1) is 8.45. The van der Waals surface area contributed by atoms with E-state index < -0.39 is 12.2 Å². The van der Waals surface area contributed by atoms with Crippen molar-refractivity contribution in [3.8, 4) is 0 Å². The van der Waals surface area contributed by atoms with Crippen molar-refractivity contribution in [3.63, 3.8) is 0 Å². The van der Waals surface area contributed by atoms with E-state index in [9.17, 15) is 9.59 Å². The number of ether oxygens (including phenoxy) is 2. The highest BCUT2D eigenvalue weighted by atomic mass is 35.5. The lowest BCUT2D eigenvalue weighted by Crippen LogP contribution is -2.14. The number of hydrogen-bond donors (Lipinski definition) is 0. The summed E-state index contributed by atoms with van der Waals surface area (Å²) < 4.78 is 10.00. The predicted octanol–water partition coefficient (Wildman–Crippen LogP) is 4.04. The summed E-state index contributed by atoms with van der Waals surface area (Å²) in [5.74, 6) is 0. The van der Waals surface area contributed by atoms with Gasteiger partial charge in [0.15, 0.2) is 0 Å². The zero-order valence-electron chi connectivity index (χ0n) is 9.28. The van der Waals surface area contributed by atoms with Crippen LogP contribution in [0.15, 0.2) is 0 Å². The first kappa shape index (κ1) is 17.7. The average molecular weight is 342 g/mol. The van der Waals surface area contributed by atoms with Gasteiger partial charge in [0.25, 0.3) is 0 Å². The molecule has 0 aromatic carbocycles. The fourth-order valence-electron chi connectivity index (χ4n) is 0.974. The summed E-state index contributed by atoms with van der Waals surface area (Å²) in [7, 11) is 0. The summed E-state index contributed by atoms with van der Waals surface area (Å²) in [5.41, 5.74) is 0. The van der Waals surface area contributed by atoms with Crippen LogP contribution in [-0.2, 0) is 9.47 Å². The normalized spacial score (nSPS) is 9.78. The third-order valence-electron chi connectivity index (χ3n) is 1.77. The summed E-state index contributed by atoms with van der Waals surface area (Å²) in [6, 6.07) is 0. The molecule has 0 rings (SSSR count). The highest BCUT2D eigenvalue weighted by Crippen LogP contribution is 2.06. The van der Waals surface area contributed by atoms with E-state index in [2.05, 4.69) is 9.47 Å². The zero-order chi connectivity index (χ0) is 14.0. The smallest absolute Gasteiger partial charge is 0.439 e. The van der Waals surface area contributed by atoms with Gasteiger partial charge in [-0.1, -0.05) is 0 Å². The molecule has 0 aliphatic carbocycles. The maximum Gasteiger partial charge on any atom is 0.439 e. The molecule has 10 heteroatoms. The largest absolute Gasteiger partial charge is 0.448 e. The van der Waals surface area contributed by atoms with Gasteiger partial charge in [-0.2, -0.15) is 0 Å². The van der Waals surface area contributed by atoms with Crippen LogP contribution >= 0.6 is 47.1 Å². The van der Waals surface area contributed by atoms with E-state index in [0.717, 1.165) is 12.8 Å². The Morgan fingerprint density at radius 2 is 1.06 bits per heavy atom. The summed E-state index contributed by atoms with van der Waals surface area (Å²) in [6.07, 6.45) is 1.33. The van der Waals surface area contributed by atoms with Crippen LogP contribution in [0.4, 0.5) is 9.59 Å². The molecular formula is C8H12Cl4N2O4. The topological polar surface area (TPSA) is 59.1 Å². The van der Waals surface area contributed by atoms with Crippen molar-refractivity contribution in [1.29, 1.82) is 0 Å². The molecule has 0 unspecified atom stereocenters.